The quantitative estimate of drug-likeness (QED) is 0.777. The van der Waals surface area contributed by atoms with Gasteiger partial charge < -0.3 is 15.0 Å². The third-order valence-electron chi connectivity index (χ3n) is 5.31. The predicted molar refractivity (Wildman–Crippen MR) is 85.1 cm³/mol. The smallest absolute Gasteiger partial charge is 0.0710 e. The normalized spacial score (nSPS) is 35.5. The maximum absolute atomic E-state index is 5.51. The van der Waals surface area contributed by atoms with Crippen LogP contribution in [0, 0.1) is 11.8 Å². The fourth-order valence-corrected chi connectivity index (χ4v) is 4.25. The highest BCUT2D eigenvalue weighted by Crippen LogP contribution is 2.33. The Labute approximate surface area is 125 Å². The molecule has 2 fully saturated rings. The summed E-state index contributed by atoms with van der Waals surface area (Å²) >= 11 is 0. The minimum Gasteiger partial charge on any atom is -0.380 e. The van der Waals surface area contributed by atoms with Gasteiger partial charge in [0.15, 0.2) is 0 Å². The summed E-state index contributed by atoms with van der Waals surface area (Å²) in [6.45, 7) is 9.33. The Balaban J connectivity index is 1.86. The molecule has 3 nitrogen and oxygen atoms in total. The molecule has 2 aliphatic rings. The molecule has 1 aliphatic heterocycles. The molecule has 0 radical (unpaired) electrons. The van der Waals surface area contributed by atoms with Gasteiger partial charge in [-0.3, -0.25) is 0 Å². The summed E-state index contributed by atoms with van der Waals surface area (Å²) in [5.41, 5.74) is 0. The fourth-order valence-electron chi connectivity index (χ4n) is 4.25. The molecule has 0 aromatic carbocycles. The van der Waals surface area contributed by atoms with Gasteiger partial charge in [0.25, 0.3) is 0 Å². The molecule has 1 saturated heterocycles. The summed E-state index contributed by atoms with van der Waals surface area (Å²) in [6.07, 6.45) is 8.71. The van der Waals surface area contributed by atoms with Crippen molar-refractivity contribution in [1.29, 1.82) is 0 Å². The SMILES string of the molecule is CCCC1CCC(NCC)C(CN2CCC(OC)C2)C1. The molecular formula is C17H34N2O. The number of rotatable bonds is 7. The first-order valence-corrected chi connectivity index (χ1v) is 8.75. The summed E-state index contributed by atoms with van der Waals surface area (Å²) in [4.78, 5) is 2.64. The van der Waals surface area contributed by atoms with E-state index in [4.69, 9.17) is 4.74 Å². The van der Waals surface area contributed by atoms with Crippen LogP contribution in [-0.2, 0) is 4.74 Å². The minimum absolute atomic E-state index is 0.475. The molecular weight excluding hydrogens is 248 g/mol. The van der Waals surface area contributed by atoms with Crippen LogP contribution in [0.3, 0.4) is 0 Å². The third-order valence-corrected chi connectivity index (χ3v) is 5.31. The minimum atomic E-state index is 0.475. The van der Waals surface area contributed by atoms with E-state index in [1.165, 1.54) is 51.6 Å². The zero-order valence-corrected chi connectivity index (χ0v) is 13.7. The Hall–Kier alpha value is -0.120. The highest BCUT2D eigenvalue weighted by atomic mass is 16.5. The number of hydrogen-bond donors (Lipinski definition) is 1. The summed E-state index contributed by atoms with van der Waals surface area (Å²) in [5, 5.41) is 3.74. The summed E-state index contributed by atoms with van der Waals surface area (Å²) in [6, 6.07) is 0.745. The average Bonchev–Trinajstić information content (AvgIpc) is 2.90. The Morgan fingerprint density at radius 2 is 2.05 bits per heavy atom. The van der Waals surface area contributed by atoms with Crippen LogP contribution in [0.2, 0.25) is 0 Å². The Bertz CT molecular complexity index is 272. The van der Waals surface area contributed by atoms with E-state index in [9.17, 15) is 0 Å². The second-order valence-corrected chi connectivity index (χ2v) is 6.80. The van der Waals surface area contributed by atoms with Gasteiger partial charge in [-0.2, -0.15) is 0 Å². The van der Waals surface area contributed by atoms with Gasteiger partial charge in [-0.25, -0.2) is 0 Å². The maximum atomic E-state index is 5.51. The van der Waals surface area contributed by atoms with Crippen LogP contribution in [0.15, 0.2) is 0 Å². The van der Waals surface area contributed by atoms with Crippen LogP contribution in [-0.4, -0.2) is 50.3 Å². The molecule has 3 heteroatoms. The van der Waals surface area contributed by atoms with Crippen molar-refractivity contribution < 1.29 is 4.74 Å². The number of ether oxygens (including phenoxy) is 1. The van der Waals surface area contributed by atoms with Crippen molar-refractivity contribution in [2.45, 2.75) is 64.5 Å². The summed E-state index contributed by atoms with van der Waals surface area (Å²) in [5.74, 6) is 1.82. The van der Waals surface area contributed by atoms with Gasteiger partial charge >= 0.3 is 0 Å². The predicted octanol–water partition coefficient (Wildman–Crippen LogP) is 2.90. The highest BCUT2D eigenvalue weighted by molar-refractivity contribution is 4.88. The number of nitrogens with one attached hydrogen (secondary N) is 1. The molecule has 1 aliphatic carbocycles. The lowest BCUT2D eigenvalue weighted by Gasteiger charge is -2.38. The lowest BCUT2D eigenvalue weighted by Crippen LogP contribution is -2.45. The molecule has 20 heavy (non-hydrogen) atoms. The van der Waals surface area contributed by atoms with E-state index in [0.717, 1.165) is 31.0 Å². The van der Waals surface area contributed by atoms with Crippen LogP contribution in [0.1, 0.15) is 52.4 Å². The molecule has 0 aromatic heterocycles. The van der Waals surface area contributed by atoms with Gasteiger partial charge in [-0.15, -0.1) is 0 Å². The summed E-state index contributed by atoms with van der Waals surface area (Å²) in [7, 11) is 1.85. The standard InChI is InChI=1S/C17H34N2O/c1-4-6-14-7-8-17(18-5-2)15(11-14)12-19-10-9-16(13-19)20-3/h14-18H,4-13H2,1-3H3. The first-order chi connectivity index (χ1) is 9.76. The topological polar surface area (TPSA) is 24.5 Å². The maximum Gasteiger partial charge on any atom is 0.0710 e. The third kappa shape index (κ3) is 4.44. The van der Waals surface area contributed by atoms with E-state index < -0.39 is 0 Å². The van der Waals surface area contributed by atoms with E-state index >= 15 is 0 Å². The molecule has 4 atom stereocenters. The summed E-state index contributed by atoms with van der Waals surface area (Å²) < 4.78 is 5.51. The zero-order chi connectivity index (χ0) is 14.4. The van der Waals surface area contributed by atoms with Gasteiger partial charge in [-0.05, 0) is 44.1 Å². The molecule has 4 unspecified atom stereocenters. The van der Waals surface area contributed by atoms with Crippen LogP contribution >= 0.6 is 0 Å². The van der Waals surface area contributed by atoms with Gasteiger partial charge in [0.05, 0.1) is 6.10 Å². The van der Waals surface area contributed by atoms with Crippen molar-refractivity contribution in [2.24, 2.45) is 11.8 Å². The molecule has 1 saturated carbocycles. The van der Waals surface area contributed by atoms with Gasteiger partial charge in [0, 0.05) is 32.8 Å². The van der Waals surface area contributed by atoms with E-state index in [2.05, 4.69) is 24.1 Å². The van der Waals surface area contributed by atoms with Crippen molar-refractivity contribution in [3.8, 4) is 0 Å². The lowest BCUT2D eigenvalue weighted by atomic mass is 9.76. The van der Waals surface area contributed by atoms with E-state index in [1.54, 1.807) is 0 Å². The number of likely N-dealkylation sites (tertiary alicyclic amines) is 1. The lowest BCUT2D eigenvalue weighted by molar-refractivity contribution is 0.0974. The Kier molecular flexibility index (Phi) is 6.79. The fraction of sp³-hybridized carbons (Fsp3) is 1.00. The molecule has 1 N–H and O–H groups in total. The second kappa shape index (κ2) is 8.35. The molecule has 1 heterocycles. The van der Waals surface area contributed by atoms with Crippen LogP contribution in [0.25, 0.3) is 0 Å². The molecule has 118 valence electrons. The average molecular weight is 282 g/mol. The molecule has 0 amide bonds. The second-order valence-electron chi connectivity index (χ2n) is 6.80. The number of nitrogens with zero attached hydrogens (tertiary/aromatic N) is 1. The van der Waals surface area contributed by atoms with Crippen LogP contribution in [0.5, 0.6) is 0 Å². The molecule has 0 spiro atoms. The van der Waals surface area contributed by atoms with Crippen molar-refractivity contribution in [1.82, 2.24) is 10.2 Å². The first-order valence-electron chi connectivity index (χ1n) is 8.75. The largest absolute Gasteiger partial charge is 0.380 e. The number of methoxy groups -OCH3 is 1. The van der Waals surface area contributed by atoms with Crippen LogP contribution < -0.4 is 5.32 Å². The molecule has 0 bridgehead atoms. The van der Waals surface area contributed by atoms with Crippen molar-refractivity contribution in [3.05, 3.63) is 0 Å². The highest BCUT2D eigenvalue weighted by Gasteiger charge is 2.32. The monoisotopic (exact) mass is 282 g/mol. The van der Waals surface area contributed by atoms with Crippen molar-refractivity contribution in [2.75, 3.05) is 33.3 Å². The first kappa shape index (κ1) is 16.3. The van der Waals surface area contributed by atoms with E-state index in [1.807, 2.05) is 7.11 Å². The van der Waals surface area contributed by atoms with Crippen molar-refractivity contribution in [3.63, 3.8) is 0 Å². The van der Waals surface area contributed by atoms with Gasteiger partial charge in [0.1, 0.15) is 0 Å². The molecule has 2 rings (SSSR count). The van der Waals surface area contributed by atoms with Crippen molar-refractivity contribution >= 4 is 0 Å². The van der Waals surface area contributed by atoms with Gasteiger partial charge in [-0.1, -0.05) is 26.7 Å². The number of hydrogen-bond acceptors (Lipinski definition) is 3. The van der Waals surface area contributed by atoms with E-state index in [-0.39, 0.29) is 0 Å². The van der Waals surface area contributed by atoms with Crippen LogP contribution in [0.4, 0.5) is 0 Å². The zero-order valence-electron chi connectivity index (χ0n) is 13.7. The molecule has 0 aromatic rings. The Morgan fingerprint density at radius 1 is 1.20 bits per heavy atom. The Morgan fingerprint density at radius 3 is 2.70 bits per heavy atom. The van der Waals surface area contributed by atoms with E-state index in [0.29, 0.717) is 6.10 Å². The van der Waals surface area contributed by atoms with Gasteiger partial charge in [0.2, 0.25) is 0 Å².